The van der Waals surface area contributed by atoms with Crippen molar-refractivity contribution in [3.8, 4) is 17.2 Å². The van der Waals surface area contributed by atoms with Crippen LogP contribution in [-0.4, -0.2) is 42.6 Å². The number of thiocarbonyl (C=S) groups is 1. The zero-order valence-electron chi connectivity index (χ0n) is 17.2. The molecule has 1 aliphatic rings. The molecule has 31 heavy (non-hydrogen) atoms. The Morgan fingerprint density at radius 3 is 2.39 bits per heavy atom. The smallest absolute Gasteiger partial charge is 0.265 e. The average molecular weight is 439 g/mol. The number of ether oxygens (including phenoxy) is 3. The fourth-order valence-corrected chi connectivity index (χ4v) is 3.24. The van der Waals surface area contributed by atoms with Gasteiger partial charge in [0.05, 0.1) is 14.2 Å². The standard InChI is InChI=1S/C23H22N2O5S/c1-4-10-25-22(27)17(21(26)24-23(25)31)11-16-12-19(28-2)20(29-3)13-18(16)30-14-15-8-6-5-7-9-15/h4-9,11-13H,1,10,14H2,2-3H3,(H,24,26,31)/b17-11+. The molecule has 1 saturated heterocycles. The molecule has 0 unspecified atom stereocenters. The number of benzene rings is 2. The molecule has 1 N–H and O–H groups in total. The molecule has 0 bridgehead atoms. The molecule has 0 atom stereocenters. The van der Waals surface area contributed by atoms with Gasteiger partial charge in [-0.2, -0.15) is 0 Å². The van der Waals surface area contributed by atoms with Gasteiger partial charge in [0.2, 0.25) is 0 Å². The molecule has 0 aliphatic carbocycles. The lowest BCUT2D eigenvalue weighted by molar-refractivity contribution is -0.128. The summed E-state index contributed by atoms with van der Waals surface area (Å²) in [6.45, 7) is 4.09. The van der Waals surface area contributed by atoms with Gasteiger partial charge >= 0.3 is 0 Å². The molecule has 8 heteroatoms. The molecule has 0 aromatic heterocycles. The lowest BCUT2D eigenvalue weighted by atomic mass is 10.1. The summed E-state index contributed by atoms with van der Waals surface area (Å²) in [4.78, 5) is 26.6. The van der Waals surface area contributed by atoms with E-state index in [-0.39, 0.29) is 17.2 Å². The zero-order chi connectivity index (χ0) is 22.4. The lowest BCUT2D eigenvalue weighted by Crippen LogP contribution is -2.53. The maximum atomic E-state index is 12.9. The molecule has 1 heterocycles. The number of rotatable bonds is 8. The van der Waals surface area contributed by atoms with Gasteiger partial charge in [-0.1, -0.05) is 36.4 Å². The van der Waals surface area contributed by atoms with Crippen LogP contribution in [0.2, 0.25) is 0 Å². The van der Waals surface area contributed by atoms with Crippen molar-refractivity contribution >= 4 is 35.2 Å². The van der Waals surface area contributed by atoms with E-state index in [2.05, 4.69) is 11.9 Å². The monoisotopic (exact) mass is 438 g/mol. The largest absolute Gasteiger partial charge is 0.493 e. The molecular weight excluding hydrogens is 416 g/mol. The first-order valence-electron chi connectivity index (χ1n) is 9.41. The molecule has 2 amide bonds. The Labute approximate surface area is 185 Å². The predicted molar refractivity (Wildman–Crippen MR) is 121 cm³/mol. The van der Waals surface area contributed by atoms with Gasteiger partial charge in [-0.3, -0.25) is 19.8 Å². The summed E-state index contributed by atoms with van der Waals surface area (Å²) < 4.78 is 16.7. The van der Waals surface area contributed by atoms with Crippen LogP contribution in [0, 0.1) is 0 Å². The quantitative estimate of drug-likeness (QED) is 0.295. The summed E-state index contributed by atoms with van der Waals surface area (Å²) in [5.74, 6) is 0.222. The minimum Gasteiger partial charge on any atom is -0.493 e. The number of amides is 2. The van der Waals surface area contributed by atoms with Gasteiger partial charge in [-0.05, 0) is 29.9 Å². The van der Waals surface area contributed by atoms with Crippen LogP contribution in [0.5, 0.6) is 17.2 Å². The third-order valence-electron chi connectivity index (χ3n) is 4.55. The predicted octanol–water partition coefficient (Wildman–Crippen LogP) is 3.10. The van der Waals surface area contributed by atoms with Gasteiger partial charge < -0.3 is 14.2 Å². The van der Waals surface area contributed by atoms with E-state index in [4.69, 9.17) is 26.4 Å². The van der Waals surface area contributed by atoms with Gasteiger partial charge in [-0.25, -0.2) is 0 Å². The minimum atomic E-state index is -0.584. The van der Waals surface area contributed by atoms with Crippen molar-refractivity contribution in [3.05, 3.63) is 71.8 Å². The second-order valence-corrected chi connectivity index (χ2v) is 6.93. The second-order valence-electron chi connectivity index (χ2n) is 6.54. The van der Waals surface area contributed by atoms with Crippen molar-refractivity contribution in [1.82, 2.24) is 10.2 Å². The minimum absolute atomic E-state index is 0.0416. The molecule has 2 aromatic carbocycles. The summed E-state index contributed by atoms with van der Waals surface area (Å²) in [5.41, 5.74) is 1.37. The van der Waals surface area contributed by atoms with E-state index in [0.29, 0.717) is 29.4 Å². The van der Waals surface area contributed by atoms with Crippen LogP contribution >= 0.6 is 12.2 Å². The molecule has 7 nitrogen and oxygen atoms in total. The van der Waals surface area contributed by atoms with Gasteiger partial charge in [0.1, 0.15) is 17.9 Å². The van der Waals surface area contributed by atoms with E-state index in [1.807, 2.05) is 30.3 Å². The van der Waals surface area contributed by atoms with Gasteiger partial charge in [0.25, 0.3) is 11.8 Å². The highest BCUT2D eigenvalue weighted by Crippen LogP contribution is 2.36. The van der Waals surface area contributed by atoms with Gasteiger partial charge in [0, 0.05) is 18.2 Å². The SMILES string of the molecule is C=CCN1C(=O)/C(=C/c2cc(OC)c(OC)cc2OCc2ccccc2)C(=O)NC1=S. The van der Waals surface area contributed by atoms with Gasteiger partial charge in [0.15, 0.2) is 16.6 Å². The summed E-state index contributed by atoms with van der Waals surface area (Å²) in [7, 11) is 3.02. The van der Waals surface area contributed by atoms with Crippen LogP contribution in [0.15, 0.2) is 60.7 Å². The molecule has 2 aromatic rings. The molecule has 0 radical (unpaired) electrons. The lowest BCUT2D eigenvalue weighted by Gasteiger charge is -2.28. The maximum absolute atomic E-state index is 12.9. The van der Waals surface area contributed by atoms with Crippen molar-refractivity contribution in [2.45, 2.75) is 6.61 Å². The van der Waals surface area contributed by atoms with E-state index in [0.717, 1.165) is 5.56 Å². The highest BCUT2D eigenvalue weighted by molar-refractivity contribution is 7.80. The molecule has 1 aliphatic heterocycles. The second kappa shape index (κ2) is 9.90. The first-order valence-corrected chi connectivity index (χ1v) is 9.81. The zero-order valence-corrected chi connectivity index (χ0v) is 18.0. The number of hydrogen-bond donors (Lipinski definition) is 1. The molecule has 3 rings (SSSR count). The van der Waals surface area contributed by atoms with Crippen LogP contribution in [0.3, 0.4) is 0 Å². The summed E-state index contributed by atoms with van der Waals surface area (Å²) in [5, 5.41) is 2.57. The Hall–Kier alpha value is -3.65. The maximum Gasteiger partial charge on any atom is 0.265 e. The van der Waals surface area contributed by atoms with Crippen LogP contribution in [-0.2, 0) is 16.2 Å². The Morgan fingerprint density at radius 1 is 1.06 bits per heavy atom. The normalized spacial score (nSPS) is 15.0. The van der Waals surface area contributed by atoms with Crippen molar-refractivity contribution < 1.29 is 23.8 Å². The number of carbonyl (C=O) groups is 2. The Balaban J connectivity index is 2.03. The van der Waals surface area contributed by atoms with Crippen LogP contribution < -0.4 is 19.5 Å². The van der Waals surface area contributed by atoms with Crippen molar-refractivity contribution in [3.63, 3.8) is 0 Å². The highest BCUT2D eigenvalue weighted by atomic mass is 32.1. The fraction of sp³-hybridized carbons (Fsp3) is 0.174. The Kier molecular flexibility index (Phi) is 7.04. The summed E-state index contributed by atoms with van der Waals surface area (Å²) in [6, 6.07) is 12.9. The van der Waals surface area contributed by atoms with Crippen LogP contribution in [0.25, 0.3) is 6.08 Å². The average Bonchev–Trinajstić information content (AvgIpc) is 2.78. The molecule has 1 fully saturated rings. The van der Waals surface area contributed by atoms with Crippen molar-refractivity contribution in [2.24, 2.45) is 0 Å². The van der Waals surface area contributed by atoms with Gasteiger partial charge in [-0.15, -0.1) is 6.58 Å². The fourth-order valence-electron chi connectivity index (χ4n) is 2.99. The molecule has 0 spiro atoms. The molecular formula is C23H22N2O5S. The third-order valence-corrected chi connectivity index (χ3v) is 4.87. The van der Waals surface area contributed by atoms with Crippen LogP contribution in [0.4, 0.5) is 0 Å². The Bertz CT molecular complexity index is 1050. The number of hydrogen-bond acceptors (Lipinski definition) is 6. The number of carbonyl (C=O) groups excluding carboxylic acids is 2. The first-order chi connectivity index (χ1) is 15.0. The van der Waals surface area contributed by atoms with Crippen molar-refractivity contribution in [1.29, 1.82) is 0 Å². The first kappa shape index (κ1) is 22.0. The van der Waals surface area contributed by atoms with E-state index in [9.17, 15) is 9.59 Å². The third kappa shape index (κ3) is 4.92. The topological polar surface area (TPSA) is 77.1 Å². The number of nitrogens with one attached hydrogen (secondary N) is 1. The van der Waals surface area contributed by atoms with E-state index >= 15 is 0 Å². The molecule has 160 valence electrons. The number of nitrogens with zero attached hydrogens (tertiary/aromatic N) is 1. The van der Waals surface area contributed by atoms with Crippen molar-refractivity contribution in [2.75, 3.05) is 20.8 Å². The van der Waals surface area contributed by atoms with E-state index in [1.54, 1.807) is 12.1 Å². The highest BCUT2D eigenvalue weighted by Gasteiger charge is 2.33. The van der Waals surface area contributed by atoms with E-state index < -0.39 is 11.8 Å². The van der Waals surface area contributed by atoms with Crippen LogP contribution in [0.1, 0.15) is 11.1 Å². The summed E-state index contributed by atoms with van der Waals surface area (Å²) >= 11 is 5.10. The Morgan fingerprint density at radius 2 is 1.74 bits per heavy atom. The number of methoxy groups -OCH3 is 2. The summed E-state index contributed by atoms with van der Waals surface area (Å²) in [6.07, 6.45) is 2.99. The van der Waals surface area contributed by atoms with E-state index in [1.165, 1.54) is 31.3 Å². The molecule has 0 saturated carbocycles.